The fourth-order valence-corrected chi connectivity index (χ4v) is 2.02. The van der Waals surface area contributed by atoms with Crippen molar-refractivity contribution in [3.63, 3.8) is 0 Å². The Bertz CT molecular complexity index is 508. The van der Waals surface area contributed by atoms with Gasteiger partial charge >= 0.3 is 0 Å². The molecule has 0 aliphatic heterocycles. The number of pyridine rings is 1. The lowest BCUT2D eigenvalue weighted by Gasteiger charge is -2.15. The fourth-order valence-electron chi connectivity index (χ4n) is 1.74. The van der Waals surface area contributed by atoms with Crippen LogP contribution in [0.3, 0.4) is 0 Å². The summed E-state index contributed by atoms with van der Waals surface area (Å²) in [5, 5.41) is 6.20. The molecule has 0 aliphatic rings. The van der Waals surface area contributed by atoms with Gasteiger partial charge in [0, 0.05) is 30.2 Å². The second kappa shape index (κ2) is 3.20. The highest BCUT2D eigenvalue weighted by Crippen LogP contribution is 2.31. The van der Waals surface area contributed by atoms with Crippen molar-refractivity contribution in [1.82, 2.24) is 14.8 Å². The van der Waals surface area contributed by atoms with Crippen LogP contribution in [0.15, 0.2) is 12.4 Å². The van der Waals surface area contributed by atoms with Crippen molar-refractivity contribution < 1.29 is 0 Å². The maximum atomic E-state index is 6.10. The molecule has 3 nitrogen and oxygen atoms in total. The van der Waals surface area contributed by atoms with E-state index in [0.29, 0.717) is 5.02 Å². The van der Waals surface area contributed by atoms with E-state index in [4.69, 9.17) is 11.6 Å². The molecule has 0 fully saturated rings. The Morgan fingerprint density at radius 1 is 1.27 bits per heavy atom. The second-order valence-corrected chi connectivity index (χ2v) is 5.15. The van der Waals surface area contributed by atoms with Crippen LogP contribution in [0.25, 0.3) is 10.9 Å². The highest BCUT2D eigenvalue weighted by atomic mass is 35.5. The summed E-state index contributed by atoms with van der Waals surface area (Å²) in [7, 11) is 1.91. The van der Waals surface area contributed by atoms with Crippen molar-refractivity contribution >= 4 is 22.5 Å². The van der Waals surface area contributed by atoms with Gasteiger partial charge in [-0.25, -0.2) is 0 Å². The molecule has 0 unspecified atom stereocenters. The van der Waals surface area contributed by atoms with Gasteiger partial charge in [-0.05, 0) is 0 Å². The standard InChI is InChI=1S/C11H14ClN3/c1-11(2,3)10-7-5-13-6-8(12)9(7)15(4)14-10/h5-6H,1-4H3. The quantitative estimate of drug-likeness (QED) is 0.688. The van der Waals surface area contributed by atoms with Gasteiger partial charge < -0.3 is 0 Å². The number of hydrogen-bond acceptors (Lipinski definition) is 2. The van der Waals surface area contributed by atoms with Crippen LogP contribution in [0.4, 0.5) is 0 Å². The molecule has 0 saturated carbocycles. The smallest absolute Gasteiger partial charge is 0.0899 e. The Hall–Kier alpha value is -1.09. The molecule has 0 bridgehead atoms. The number of aromatic nitrogens is 3. The van der Waals surface area contributed by atoms with Crippen LogP contribution < -0.4 is 0 Å². The zero-order valence-electron chi connectivity index (χ0n) is 9.37. The largest absolute Gasteiger partial charge is 0.266 e. The molecule has 0 radical (unpaired) electrons. The van der Waals surface area contributed by atoms with Crippen molar-refractivity contribution in [3.05, 3.63) is 23.1 Å². The van der Waals surface area contributed by atoms with Gasteiger partial charge in [-0.2, -0.15) is 5.10 Å². The number of halogens is 1. The number of aryl methyl sites for hydroxylation is 1. The van der Waals surface area contributed by atoms with E-state index in [0.717, 1.165) is 16.6 Å². The SMILES string of the molecule is Cn1nc(C(C)(C)C)c2cncc(Cl)c21. The number of rotatable bonds is 0. The number of nitrogens with zero attached hydrogens (tertiary/aromatic N) is 3. The van der Waals surface area contributed by atoms with Gasteiger partial charge in [-0.3, -0.25) is 9.67 Å². The van der Waals surface area contributed by atoms with Crippen LogP contribution in [0, 0.1) is 0 Å². The van der Waals surface area contributed by atoms with Gasteiger partial charge in [0.25, 0.3) is 0 Å². The Labute approximate surface area is 94.1 Å². The molecular weight excluding hydrogens is 210 g/mol. The van der Waals surface area contributed by atoms with Crippen LogP contribution >= 0.6 is 11.6 Å². The number of fused-ring (bicyclic) bond motifs is 1. The summed E-state index contributed by atoms with van der Waals surface area (Å²) in [6.45, 7) is 6.40. The molecule has 2 rings (SSSR count). The Morgan fingerprint density at radius 3 is 2.53 bits per heavy atom. The Morgan fingerprint density at radius 2 is 1.93 bits per heavy atom. The second-order valence-electron chi connectivity index (χ2n) is 4.74. The predicted molar refractivity (Wildman–Crippen MR) is 62.2 cm³/mol. The van der Waals surface area contributed by atoms with Crippen molar-refractivity contribution in [2.45, 2.75) is 26.2 Å². The maximum Gasteiger partial charge on any atom is 0.0899 e. The van der Waals surface area contributed by atoms with Gasteiger partial charge in [-0.15, -0.1) is 0 Å². The predicted octanol–water partition coefficient (Wildman–Crippen LogP) is 2.92. The van der Waals surface area contributed by atoms with Gasteiger partial charge in [0.2, 0.25) is 0 Å². The Kier molecular flexibility index (Phi) is 2.23. The summed E-state index contributed by atoms with van der Waals surface area (Å²) in [5.41, 5.74) is 2.00. The normalized spacial score (nSPS) is 12.3. The van der Waals surface area contributed by atoms with Gasteiger partial charge in [0.05, 0.1) is 16.2 Å². The third kappa shape index (κ3) is 1.61. The van der Waals surface area contributed by atoms with Crippen LogP contribution in [0.5, 0.6) is 0 Å². The van der Waals surface area contributed by atoms with Crippen LogP contribution in [-0.2, 0) is 12.5 Å². The zero-order chi connectivity index (χ0) is 11.2. The zero-order valence-corrected chi connectivity index (χ0v) is 10.1. The molecule has 0 aromatic carbocycles. The van der Waals surface area contributed by atoms with E-state index < -0.39 is 0 Å². The highest BCUT2D eigenvalue weighted by molar-refractivity contribution is 6.35. The first kappa shape index (κ1) is 10.4. The molecule has 0 N–H and O–H groups in total. The summed E-state index contributed by atoms with van der Waals surface area (Å²) < 4.78 is 1.82. The molecular formula is C11H14ClN3. The molecule has 0 atom stereocenters. The summed E-state index contributed by atoms with van der Waals surface area (Å²) in [5.74, 6) is 0. The molecule has 2 heterocycles. The highest BCUT2D eigenvalue weighted by Gasteiger charge is 2.22. The lowest BCUT2D eigenvalue weighted by molar-refractivity contribution is 0.558. The monoisotopic (exact) mass is 223 g/mol. The molecule has 0 amide bonds. The first-order valence-corrected chi connectivity index (χ1v) is 5.26. The molecule has 80 valence electrons. The number of hydrogen-bond donors (Lipinski definition) is 0. The molecule has 4 heteroatoms. The average molecular weight is 224 g/mol. The Balaban J connectivity index is 2.85. The van der Waals surface area contributed by atoms with Gasteiger partial charge in [0.15, 0.2) is 0 Å². The van der Waals surface area contributed by atoms with Crippen molar-refractivity contribution in [2.24, 2.45) is 7.05 Å². The molecule has 2 aromatic rings. The van der Waals surface area contributed by atoms with Crippen molar-refractivity contribution in [2.75, 3.05) is 0 Å². The minimum atomic E-state index is 0.00583. The minimum absolute atomic E-state index is 0.00583. The first-order chi connectivity index (χ1) is 6.91. The van der Waals surface area contributed by atoms with E-state index in [2.05, 4.69) is 30.9 Å². The molecule has 0 aliphatic carbocycles. The van der Waals surface area contributed by atoms with Crippen LogP contribution in [0.2, 0.25) is 5.02 Å². The summed E-state index contributed by atoms with van der Waals surface area (Å²) in [6.07, 6.45) is 3.48. The summed E-state index contributed by atoms with van der Waals surface area (Å²) in [4.78, 5) is 4.11. The molecule has 0 saturated heterocycles. The average Bonchev–Trinajstić information content (AvgIpc) is 2.44. The van der Waals surface area contributed by atoms with Crippen LogP contribution in [0.1, 0.15) is 26.5 Å². The van der Waals surface area contributed by atoms with E-state index in [1.165, 1.54) is 0 Å². The van der Waals surface area contributed by atoms with Crippen LogP contribution in [-0.4, -0.2) is 14.8 Å². The fraction of sp³-hybridized carbons (Fsp3) is 0.455. The lowest BCUT2D eigenvalue weighted by atomic mass is 9.90. The van der Waals surface area contributed by atoms with E-state index in [9.17, 15) is 0 Å². The van der Waals surface area contributed by atoms with E-state index in [1.54, 1.807) is 6.20 Å². The summed E-state index contributed by atoms with van der Waals surface area (Å²) >= 11 is 6.10. The third-order valence-electron chi connectivity index (χ3n) is 2.41. The van der Waals surface area contributed by atoms with E-state index in [1.807, 2.05) is 17.9 Å². The maximum absolute atomic E-state index is 6.10. The molecule has 15 heavy (non-hydrogen) atoms. The molecule has 0 spiro atoms. The molecule has 2 aromatic heterocycles. The van der Waals surface area contributed by atoms with Crippen molar-refractivity contribution in [1.29, 1.82) is 0 Å². The lowest BCUT2D eigenvalue weighted by Crippen LogP contribution is -2.12. The van der Waals surface area contributed by atoms with E-state index in [-0.39, 0.29) is 5.41 Å². The summed E-state index contributed by atoms with van der Waals surface area (Å²) in [6, 6.07) is 0. The van der Waals surface area contributed by atoms with Crippen molar-refractivity contribution in [3.8, 4) is 0 Å². The van der Waals surface area contributed by atoms with E-state index >= 15 is 0 Å². The first-order valence-electron chi connectivity index (χ1n) is 4.88. The minimum Gasteiger partial charge on any atom is -0.266 e. The van der Waals surface area contributed by atoms with Gasteiger partial charge in [0.1, 0.15) is 0 Å². The topological polar surface area (TPSA) is 30.7 Å². The third-order valence-corrected chi connectivity index (χ3v) is 2.69. The van der Waals surface area contributed by atoms with Gasteiger partial charge in [-0.1, -0.05) is 32.4 Å².